The van der Waals surface area contributed by atoms with Crippen molar-refractivity contribution in [1.82, 2.24) is 15.1 Å². The van der Waals surface area contributed by atoms with Crippen LogP contribution in [0.15, 0.2) is 22.8 Å². The zero-order valence-corrected chi connectivity index (χ0v) is 13.4. The summed E-state index contributed by atoms with van der Waals surface area (Å²) in [5.74, 6) is -3.88. The molecule has 1 aromatic carbocycles. The molecule has 1 heterocycles. The summed E-state index contributed by atoms with van der Waals surface area (Å²) in [5.41, 5.74) is 0.678. The first kappa shape index (κ1) is 16.0. The van der Waals surface area contributed by atoms with Crippen LogP contribution >= 0.6 is 15.9 Å². The molecule has 0 saturated heterocycles. The lowest BCUT2D eigenvalue weighted by Gasteiger charge is -2.21. The zero-order valence-electron chi connectivity index (χ0n) is 11.8. The average Bonchev–Trinajstić information content (AvgIpc) is 2.82. The second kappa shape index (κ2) is 6.19. The molecule has 0 bridgehead atoms. The number of hydrogen-bond donors (Lipinski definition) is 1. The predicted molar refractivity (Wildman–Crippen MR) is 77.5 cm³/mol. The van der Waals surface area contributed by atoms with E-state index in [4.69, 9.17) is 0 Å². The second-order valence-corrected chi connectivity index (χ2v) is 5.76. The molecule has 0 fully saturated rings. The van der Waals surface area contributed by atoms with E-state index >= 15 is 0 Å². The van der Waals surface area contributed by atoms with E-state index in [0.717, 1.165) is 6.07 Å². The summed E-state index contributed by atoms with van der Waals surface area (Å²) in [7, 11) is 1.62. The lowest BCUT2D eigenvalue weighted by molar-refractivity contribution is 0.427. The summed E-state index contributed by atoms with van der Waals surface area (Å²) in [6.07, 6.45) is 1.59. The first-order valence-corrected chi connectivity index (χ1v) is 7.21. The fourth-order valence-corrected chi connectivity index (χ4v) is 2.74. The molecule has 2 aromatic rings. The van der Waals surface area contributed by atoms with E-state index in [2.05, 4.69) is 26.3 Å². The highest BCUT2D eigenvalue weighted by molar-refractivity contribution is 9.10. The van der Waals surface area contributed by atoms with Crippen molar-refractivity contribution in [3.05, 3.63) is 51.5 Å². The third-order valence-electron chi connectivity index (χ3n) is 3.21. The number of nitrogens with one attached hydrogen (secondary N) is 1. The number of rotatable bonds is 4. The van der Waals surface area contributed by atoms with Crippen LogP contribution < -0.4 is 5.32 Å². The van der Waals surface area contributed by atoms with E-state index < -0.39 is 23.5 Å². The van der Waals surface area contributed by atoms with Crippen molar-refractivity contribution in [3.8, 4) is 0 Å². The van der Waals surface area contributed by atoms with Gasteiger partial charge in [-0.3, -0.25) is 4.68 Å². The summed E-state index contributed by atoms with van der Waals surface area (Å²) < 4.78 is 43.0. The standard InChI is InChI=1S/C14H15BrF3N3/c1-7(2)21-14(9(15)6-20-21)13(19-3)8-4-5-10(16)12(18)11(8)17/h4-7,13,19H,1-3H3. The molecular formula is C14H15BrF3N3. The highest BCUT2D eigenvalue weighted by Gasteiger charge is 2.26. The van der Waals surface area contributed by atoms with Crippen LogP contribution in [-0.4, -0.2) is 16.8 Å². The highest BCUT2D eigenvalue weighted by atomic mass is 79.9. The molecule has 1 N–H and O–H groups in total. The van der Waals surface area contributed by atoms with Crippen molar-refractivity contribution in [2.75, 3.05) is 7.05 Å². The van der Waals surface area contributed by atoms with Gasteiger partial charge in [-0.25, -0.2) is 13.2 Å². The van der Waals surface area contributed by atoms with Gasteiger partial charge >= 0.3 is 0 Å². The van der Waals surface area contributed by atoms with Crippen molar-refractivity contribution in [1.29, 1.82) is 0 Å². The maximum Gasteiger partial charge on any atom is 0.194 e. The Morgan fingerprint density at radius 2 is 1.86 bits per heavy atom. The Morgan fingerprint density at radius 1 is 1.19 bits per heavy atom. The van der Waals surface area contributed by atoms with E-state index in [1.54, 1.807) is 17.9 Å². The Kier molecular flexibility index (Phi) is 4.73. The molecular weight excluding hydrogens is 347 g/mol. The fraction of sp³-hybridized carbons (Fsp3) is 0.357. The molecule has 21 heavy (non-hydrogen) atoms. The third kappa shape index (κ3) is 2.85. The van der Waals surface area contributed by atoms with Gasteiger partial charge in [0.05, 0.1) is 22.4 Å². The average molecular weight is 362 g/mol. The van der Waals surface area contributed by atoms with Gasteiger partial charge in [0, 0.05) is 11.6 Å². The van der Waals surface area contributed by atoms with Crippen molar-refractivity contribution >= 4 is 15.9 Å². The Balaban J connectivity index is 2.61. The maximum absolute atomic E-state index is 14.1. The Hall–Kier alpha value is -1.34. The van der Waals surface area contributed by atoms with Crippen LogP contribution in [0.4, 0.5) is 13.2 Å². The van der Waals surface area contributed by atoms with Crippen LogP contribution in [0, 0.1) is 17.5 Å². The van der Waals surface area contributed by atoms with Crippen molar-refractivity contribution < 1.29 is 13.2 Å². The molecule has 0 aliphatic heterocycles. The van der Waals surface area contributed by atoms with Crippen LogP contribution in [0.3, 0.4) is 0 Å². The summed E-state index contributed by atoms with van der Waals surface area (Å²) in [6.45, 7) is 3.86. The summed E-state index contributed by atoms with van der Waals surface area (Å²) >= 11 is 3.37. The van der Waals surface area contributed by atoms with E-state index in [-0.39, 0.29) is 11.6 Å². The van der Waals surface area contributed by atoms with Gasteiger partial charge in [-0.1, -0.05) is 6.07 Å². The number of halogens is 4. The molecule has 7 heteroatoms. The van der Waals surface area contributed by atoms with Crippen LogP contribution in [0.2, 0.25) is 0 Å². The Morgan fingerprint density at radius 3 is 2.43 bits per heavy atom. The number of nitrogens with zero attached hydrogens (tertiary/aromatic N) is 2. The van der Waals surface area contributed by atoms with Gasteiger partial charge in [0.25, 0.3) is 0 Å². The summed E-state index contributed by atoms with van der Waals surface area (Å²) in [4.78, 5) is 0. The monoisotopic (exact) mass is 361 g/mol. The minimum atomic E-state index is -1.47. The predicted octanol–water partition coefficient (Wildman–Crippen LogP) is 3.95. The zero-order chi connectivity index (χ0) is 15.7. The van der Waals surface area contributed by atoms with Crippen LogP contribution in [0.1, 0.15) is 37.2 Å². The van der Waals surface area contributed by atoms with Crippen LogP contribution in [0.5, 0.6) is 0 Å². The Bertz CT molecular complexity index is 655. The number of aromatic nitrogens is 2. The van der Waals surface area contributed by atoms with Crippen molar-refractivity contribution in [3.63, 3.8) is 0 Å². The number of hydrogen-bond acceptors (Lipinski definition) is 2. The molecule has 3 nitrogen and oxygen atoms in total. The van der Waals surface area contributed by atoms with E-state index in [1.165, 1.54) is 6.07 Å². The quantitative estimate of drug-likeness (QED) is 0.835. The molecule has 0 radical (unpaired) electrons. The summed E-state index contributed by atoms with van der Waals surface area (Å²) in [6, 6.07) is 1.54. The molecule has 1 aromatic heterocycles. The second-order valence-electron chi connectivity index (χ2n) is 4.90. The topological polar surface area (TPSA) is 29.9 Å². The minimum Gasteiger partial charge on any atom is -0.308 e. The minimum absolute atomic E-state index is 0.0273. The van der Waals surface area contributed by atoms with E-state index in [1.807, 2.05) is 13.8 Å². The molecule has 0 amide bonds. The molecule has 114 valence electrons. The van der Waals surface area contributed by atoms with Crippen LogP contribution in [-0.2, 0) is 0 Å². The molecule has 2 rings (SSSR count). The largest absolute Gasteiger partial charge is 0.308 e. The molecule has 1 unspecified atom stereocenters. The summed E-state index contributed by atoms with van der Waals surface area (Å²) in [5, 5.41) is 7.14. The van der Waals surface area contributed by atoms with Crippen molar-refractivity contribution in [2.24, 2.45) is 0 Å². The first-order chi connectivity index (χ1) is 9.88. The molecule has 0 saturated carbocycles. The van der Waals surface area contributed by atoms with Crippen LogP contribution in [0.25, 0.3) is 0 Å². The molecule has 0 aliphatic carbocycles. The Labute approximate surface area is 129 Å². The SMILES string of the molecule is CNC(c1ccc(F)c(F)c1F)c1c(Br)cnn1C(C)C. The third-order valence-corrected chi connectivity index (χ3v) is 3.83. The first-order valence-electron chi connectivity index (χ1n) is 6.42. The van der Waals surface area contributed by atoms with Gasteiger partial charge in [-0.2, -0.15) is 5.10 Å². The van der Waals surface area contributed by atoms with E-state index in [0.29, 0.717) is 10.2 Å². The van der Waals surface area contributed by atoms with Crippen molar-refractivity contribution in [2.45, 2.75) is 25.9 Å². The highest BCUT2D eigenvalue weighted by Crippen LogP contribution is 2.32. The van der Waals surface area contributed by atoms with Gasteiger partial charge in [-0.05, 0) is 42.9 Å². The number of benzene rings is 1. The van der Waals surface area contributed by atoms with Gasteiger partial charge in [0.15, 0.2) is 17.5 Å². The molecule has 0 spiro atoms. The van der Waals surface area contributed by atoms with Gasteiger partial charge < -0.3 is 5.32 Å². The lowest BCUT2D eigenvalue weighted by Crippen LogP contribution is -2.24. The molecule has 1 atom stereocenters. The van der Waals surface area contributed by atoms with Gasteiger partial charge in [-0.15, -0.1) is 0 Å². The maximum atomic E-state index is 14.1. The van der Waals surface area contributed by atoms with Gasteiger partial charge in [0.2, 0.25) is 0 Å². The van der Waals surface area contributed by atoms with E-state index in [9.17, 15) is 13.2 Å². The lowest BCUT2D eigenvalue weighted by atomic mass is 10.0. The fourth-order valence-electron chi connectivity index (χ4n) is 2.24. The smallest absolute Gasteiger partial charge is 0.194 e. The molecule has 0 aliphatic rings. The normalized spacial score (nSPS) is 13.0. The van der Waals surface area contributed by atoms with Gasteiger partial charge in [0.1, 0.15) is 0 Å².